The molecule has 1 atom stereocenters. The monoisotopic (exact) mass is 268 g/mol. The zero-order chi connectivity index (χ0) is 14.4. The molecule has 0 heterocycles. The van der Waals surface area contributed by atoms with Crippen molar-refractivity contribution in [3.05, 3.63) is 66.0 Å². The number of para-hydroxylation sites is 1. The van der Waals surface area contributed by atoms with Crippen molar-refractivity contribution in [3.8, 4) is 6.07 Å². The minimum Gasteiger partial charge on any atom is -0.365 e. The number of nitrogens with one attached hydrogen (secondary N) is 1. The van der Waals surface area contributed by atoms with Gasteiger partial charge in [0.05, 0.1) is 11.8 Å². The number of nitrogens with zero attached hydrogens (tertiary/aromatic N) is 1. The normalized spacial score (nSPS) is 13.2. The molecular formula is C17H17FN2. The fourth-order valence-corrected chi connectivity index (χ4v) is 2.17. The molecule has 0 aliphatic carbocycles. The zero-order valence-corrected chi connectivity index (χ0v) is 11.4. The van der Waals surface area contributed by atoms with Crippen LogP contribution in [0.25, 0.3) is 0 Å². The first-order chi connectivity index (χ1) is 9.69. The number of benzene rings is 2. The first-order valence-electron chi connectivity index (χ1n) is 6.67. The molecule has 2 aromatic rings. The molecule has 0 saturated heterocycles. The van der Waals surface area contributed by atoms with Crippen LogP contribution in [0, 0.1) is 17.1 Å². The molecule has 0 amide bonds. The van der Waals surface area contributed by atoms with Crippen LogP contribution in [0.3, 0.4) is 0 Å². The molecule has 0 aliphatic heterocycles. The lowest BCUT2D eigenvalue weighted by atomic mass is 9.89. The summed E-state index contributed by atoms with van der Waals surface area (Å²) in [6.45, 7) is 1.93. The molecule has 0 spiro atoms. The summed E-state index contributed by atoms with van der Waals surface area (Å²) in [5, 5.41) is 12.6. The standard InChI is InChI=1S/C17H17FN2/c1-2-17(13-19,12-14-8-4-3-5-9-14)20-16-11-7-6-10-15(16)18/h3-11,20H,2,12H2,1H3. The van der Waals surface area contributed by atoms with Crippen molar-refractivity contribution in [2.24, 2.45) is 0 Å². The number of hydrogen-bond acceptors (Lipinski definition) is 2. The number of hydrogen-bond donors (Lipinski definition) is 1. The lowest BCUT2D eigenvalue weighted by Crippen LogP contribution is -2.38. The minimum absolute atomic E-state index is 0.339. The first kappa shape index (κ1) is 14.1. The Morgan fingerprint density at radius 3 is 2.35 bits per heavy atom. The van der Waals surface area contributed by atoms with E-state index in [-0.39, 0.29) is 5.82 Å². The molecule has 0 fully saturated rings. The van der Waals surface area contributed by atoms with E-state index in [1.54, 1.807) is 18.2 Å². The molecule has 0 radical (unpaired) electrons. The van der Waals surface area contributed by atoms with Crippen molar-refractivity contribution < 1.29 is 4.39 Å². The van der Waals surface area contributed by atoms with Gasteiger partial charge in [-0.25, -0.2) is 4.39 Å². The Kier molecular flexibility index (Phi) is 4.37. The summed E-state index contributed by atoms with van der Waals surface area (Å²) in [7, 11) is 0. The number of rotatable bonds is 5. The van der Waals surface area contributed by atoms with E-state index >= 15 is 0 Å². The van der Waals surface area contributed by atoms with Gasteiger partial charge in [-0.05, 0) is 24.1 Å². The molecule has 0 saturated carbocycles. The van der Waals surface area contributed by atoms with E-state index in [0.29, 0.717) is 18.5 Å². The molecule has 1 N–H and O–H groups in total. The summed E-state index contributed by atoms with van der Waals surface area (Å²) in [5.41, 5.74) is 0.621. The summed E-state index contributed by atoms with van der Waals surface area (Å²) >= 11 is 0. The van der Waals surface area contributed by atoms with E-state index in [9.17, 15) is 9.65 Å². The predicted molar refractivity (Wildman–Crippen MR) is 78.8 cm³/mol. The SMILES string of the molecule is CCC(C#N)(Cc1ccccc1)Nc1ccccc1F. The summed E-state index contributed by atoms with van der Waals surface area (Å²) in [4.78, 5) is 0. The van der Waals surface area contributed by atoms with Gasteiger partial charge >= 0.3 is 0 Å². The van der Waals surface area contributed by atoms with Crippen LogP contribution in [0.5, 0.6) is 0 Å². The van der Waals surface area contributed by atoms with Crippen molar-refractivity contribution in [2.75, 3.05) is 5.32 Å². The van der Waals surface area contributed by atoms with Crippen LogP contribution >= 0.6 is 0 Å². The van der Waals surface area contributed by atoms with Gasteiger partial charge in [-0.1, -0.05) is 49.4 Å². The van der Waals surface area contributed by atoms with Gasteiger partial charge in [0, 0.05) is 6.42 Å². The highest BCUT2D eigenvalue weighted by Gasteiger charge is 2.29. The summed E-state index contributed by atoms with van der Waals surface area (Å²) < 4.78 is 13.8. The van der Waals surface area contributed by atoms with Crippen LogP contribution in [0.1, 0.15) is 18.9 Å². The molecule has 20 heavy (non-hydrogen) atoms. The van der Waals surface area contributed by atoms with E-state index in [2.05, 4.69) is 11.4 Å². The van der Waals surface area contributed by atoms with E-state index in [4.69, 9.17) is 0 Å². The van der Waals surface area contributed by atoms with E-state index < -0.39 is 5.54 Å². The van der Waals surface area contributed by atoms with Gasteiger partial charge in [0.25, 0.3) is 0 Å². The predicted octanol–water partition coefficient (Wildman–Crippen LogP) is 4.15. The fraction of sp³-hybridized carbons (Fsp3) is 0.235. The van der Waals surface area contributed by atoms with Crippen LogP contribution in [-0.4, -0.2) is 5.54 Å². The van der Waals surface area contributed by atoms with Crippen LogP contribution in [0.4, 0.5) is 10.1 Å². The van der Waals surface area contributed by atoms with Crippen molar-refractivity contribution in [2.45, 2.75) is 25.3 Å². The average molecular weight is 268 g/mol. The Bertz CT molecular complexity index is 604. The van der Waals surface area contributed by atoms with Gasteiger partial charge in [-0.3, -0.25) is 0 Å². The number of anilines is 1. The Hall–Kier alpha value is -2.34. The van der Waals surface area contributed by atoms with Crippen molar-refractivity contribution >= 4 is 5.69 Å². The fourth-order valence-electron chi connectivity index (χ4n) is 2.17. The third-order valence-electron chi connectivity index (χ3n) is 3.41. The summed E-state index contributed by atoms with van der Waals surface area (Å²) in [5.74, 6) is -0.339. The maximum Gasteiger partial charge on any atom is 0.146 e. The highest BCUT2D eigenvalue weighted by atomic mass is 19.1. The highest BCUT2D eigenvalue weighted by Crippen LogP contribution is 2.24. The third kappa shape index (κ3) is 3.16. The molecule has 102 valence electrons. The highest BCUT2D eigenvalue weighted by molar-refractivity contribution is 5.49. The zero-order valence-electron chi connectivity index (χ0n) is 11.4. The van der Waals surface area contributed by atoms with Crippen LogP contribution in [0.2, 0.25) is 0 Å². The number of nitriles is 1. The largest absolute Gasteiger partial charge is 0.365 e. The first-order valence-corrected chi connectivity index (χ1v) is 6.67. The van der Waals surface area contributed by atoms with Crippen LogP contribution < -0.4 is 5.32 Å². The second-order valence-corrected chi connectivity index (χ2v) is 4.81. The smallest absolute Gasteiger partial charge is 0.146 e. The van der Waals surface area contributed by atoms with Crippen LogP contribution in [-0.2, 0) is 6.42 Å². The summed E-state index contributed by atoms with van der Waals surface area (Å²) in [6, 6.07) is 18.5. The lowest BCUT2D eigenvalue weighted by Gasteiger charge is -2.28. The Balaban J connectivity index is 2.27. The van der Waals surface area contributed by atoms with Crippen molar-refractivity contribution in [3.63, 3.8) is 0 Å². The quantitative estimate of drug-likeness (QED) is 0.884. The lowest BCUT2D eigenvalue weighted by molar-refractivity contribution is 0.552. The van der Waals surface area contributed by atoms with Crippen molar-refractivity contribution in [1.82, 2.24) is 0 Å². The van der Waals surface area contributed by atoms with Gasteiger partial charge in [0.15, 0.2) is 0 Å². The van der Waals surface area contributed by atoms with Gasteiger partial charge in [-0.15, -0.1) is 0 Å². The Labute approximate surface area is 118 Å². The van der Waals surface area contributed by atoms with E-state index in [1.807, 2.05) is 37.3 Å². The molecule has 2 nitrogen and oxygen atoms in total. The van der Waals surface area contributed by atoms with Gasteiger partial charge < -0.3 is 5.32 Å². The topological polar surface area (TPSA) is 35.8 Å². The molecule has 1 unspecified atom stereocenters. The number of halogens is 1. The van der Waals surface area contributed by atoms with Crippen molar-refractivity contribution in [1.29, 1.82) is 5.26 Å². The van der Waals surface area contributed by atoms with E-state index in [0.717, 1.165) is 5.56 Å². The van der Waals surface area contributed by atoms with Crippen LogP contribution in [0.15, 0.2) is 54.6 Å². The molecule has 3 heteroatoms. The van der Waals surface area contributed by atoms with Gasteiger partial charge in [-0.2, -0.15) is 5.26 Å². The Morgan fingerprint density at radius 2 is 1.75 bits per heavy atom. The second-order valence-electron chi connectivity index (χ2n) is 4.81. The van der Waals surface area contributed by atoms with E-state index in [1.165, 1.54) is 6.07 Å². The summed E-state index contributed by atoms with van der Waals surface area (Å²) in [6.07, 6.45) is 1.13. The molecule has 0 bridgehead atoms. The molecule has 0 aliphatic rings. The second kappa shape index (κ2) is 6.21. The maximum absolute atomic E-state index is 13.8. The molecular weight excluding hydrogens is 251 g/mol. The van der Waals surface area contributed by atoms with Gasteiger partial charge in [0.2, 0.25) is 0 Å². The maximum atomic E-state index is 13.8. The Morgan fingerprint density at radius 1 is 1.10 bits per heavy atom. The minimum atomic E-state index is -0.802. The van der Waals surface area contributed by atoms with Gasteiger partial charge in [0.1, 0.15) is 11.4 Å². The average Bonchev–Trinajstić information content (AvgIpc) is 2.50. The molecule has 0 aromatic heterocycles. The molecule has 2 aromatic carbocycles. The molecule has 2 rings (SSSR count). The third-order valence-corrected chi connectivity index (χ3v) is 3.41.